The third-order valence-electron chi connectivity index (χ3n) is 3.84. The number of hydrogen-bond donors (Lipinski definition) is 1. The highest BCUT2D eigenvalue weighted by Gasteiger charge is 2.44. The molecular weight excluding hydrogens is 240 g/mol. The van der Waals surface area contributed by atoms with Gasteiger partial charge in [0.25, 0.3) is 0 Å². The molecule has 0 amide bonds. The first-order chi connectivity index (χ1) is 8.75. The fourth-order valence-corrected chi connectivity index (χ4v) is 2.27. The summed E-state index contributed by atoms with van der Waals surface area (Å²) >= 11 is 0. The summed E-state index contributed by atoms with van der Waals surface area (Å²) in [4.78, 5) is 4.75. The Morgan fingerprint density at radius 3 is 2.42 bits per heavy atom. The van der Waals surface area contributed by atoms with Gasteiger partial charge in [0.15, 0.2) is 5.90 Å². The van der Waals surface area contributed by atoms with Crippen molar-refractivity contribution in [2.75, 3.05) is 13.2 Å². The summed E-state index contributed by atoms with van der Waals surface area (Å²) in [5.41, 5.74) is -0.200. The molecule has 1 N–H and O–H groups in total. The Balaban J connectivity index is 2.11. The summed E-state index contributed by atoms with van der Waals surface area (Å²) in [6.45, 7) is 11.9. The van der Waals surface area contributed by atoms with Gasteiger partial charge in [0, 0.05) is 0 Å². The van der Waals surface area contributed by atoms with Crippen molar-refractivity contribution in [2.45, 2.75) is 52.9 Å². The number of nitrogens with zero attached hydrogens (tertiary/aromatic N) is 1. The van der Waals surface area contributed by atoms with Gasteiger partial charge in [0.2, 0.25) is 0 Å². The van der Waals surface area contributed by atoms with Crippen LogP contribution in [0.3, 0.4) is 0 Å². The van der Waals surface area contributed by atoms with Crippen LogP contribution in [0, 0.1) is 23.2 Å². The second-order valence-corrected chi connectivity index (χ2v) is 6.95. The number of hydrogen-bond acceptors (Lipinski definition) is 4. The quantitative estimate of drug-likeness (QED) is 0.773. The Labute approximate surface area is 116 Å². The normalized spacial score (nSPS) is 31.8. The summed E-state index contributed by atoms with van der Waals surface area (Å²) in [5, 5.41) is 3.29. The monoisotopic (exact) mass is 264 g/mol. The van der Waals surface area contributed by atoms with Crippen molar-refractivity contribution in [2.24, 2.45) is 15.8 Å². The molecule has 0 saturated carbocycles. The average Bonchev–Trinajstić information content (AvgIpc) is 2.98. The largest absolute Gasteiger partial charge is 0.478 e. The highest BCUT2D eigenvalue weighted by Crippen LogP contribution is 2.34. The molecule has 0 aromatic heterocycles. The Morgan fingerprint density at radius 2 is 1.95 bits per heavy atom. The maximum absolute atomic E-state index is 5.82. The van der Waals surface area contributed by atoms with Crippen LogP contribution in [0.4, 0.5) is 0 Å². The van der Waals surface area contributed by atoms with E-state index < -0.39 is 0 Å². The first-order valence-corrected chi connectivity index (χ1v) is 6.80. The molecule has 0 radical (unpaired) electrons. The van der Waals surface area contributed by atoms with Gasteiger partial charge in [-0.1, -0.05) is 26.7 Å². The minimum absolute atomic E-state index is 0.0234. The van der Waals surface area contributed by atoms with E-state index in [0.717, 1.165) is 5.90 Å². The first kappa shape index (κ1) is 14.4. The Bertz CT molecular complexity index is 415. The zero-order chi connectivity index (χ0) is 14.3. The second-order valence-electron chi connectivity index (χ2n) is 6.95. The van der Waals surface area contributed by atoms with Gasteiger partial charge in [0.1, 0.15) is 12.8 Å². The second kappa shape index (κ2) is 4.81. The number of nitrogens with one attached hydrogen (secondary N) is 1. The van der Waals surface area contributed by atoms with Crippen LogP contribution >= 0.6 is 0 Å². The lowest BCUT2D eigenvalue weighted by Gasteiger charge is -2.29. The molecule has 106 valence electrons. The number of terminal acetylenes is 1. The smallest absolute Gasteiger partial charge is 0.193 e. The van der Waals surface area contributed by atoms with Gasteiger partial charge in [-0.25, -0.2) is 4.99 Å². The van der Waals surface area contributed by atoms with Crippen molar-refractivity contribution >= 4 is 5.90 Å². The lowest BCUT2D eigenvalue weighted by molar-refractivity contribution is 0.0309. The predicted octanol–water partition coefficient (Wildman–Crippen LogP) is 1.80. The van der Waals surface area contributed by atoms with Gasteiger partial charge in [-0.05, 0) is 19.3 Å². The summed E-state index contributed by atoms with van der Waals surface area (Å²) in [6.07, 6.45) is 5.27. The van der Waals surface area contributed by atoms with Crippen LogP contribution in [0.1, 0.15) is 34.6 Å². The van der Waals surface area contributed by atoms with Crippen molar-refractivity contribution in [3.63, 3.8) is 0 Å². The van der Waals surface area contributed by atoms with Gasteiger partial charge in [-0.2, -0.15) is 0 Å². The van der Waals surface area contributed by atoms with Crippen molar-refractivity contribution in [3.05, 3.63) is 0 Å². The minimum atomic E-state index is -0.314. The van der Waals surface area contributed by atoms with Crippen LogP contribution in [0.5, 0.6) is 0 Å². The molecule has 19 heavy (non-hydrogen) atoms. The third-order valence-corrected chi connectivity index (χ3v) is 3.84. The van der Waals surface area contributed by atoms with Crippen molar-refractivity contribution in [3.8, 4) is 12.3 Å². The van der Waals surface area contributed by atoms with Gasteiger partial charge >= 0.3 is 0 Å². The SMILES string of the molecule is C#C[C@H]1COC(C(C)(C)C2=N[C@@H](C(C)(C)C)CO2)N1. The van der Waals surface area contributed by atoms with Gasteiger partial charge in [-0.3, -0.25) is 5.32 Å². The molecule has 1 fully saturated rings. The van der Waals surface area contributed by atoms with E-state index in [2.05, 4.69) is 45.9 Å². The summed E-state index contributed by atoms with van der Waals surface area (Å²) in [5.74, 6) is 3.44. The molecule has 0 spiro atoms. The number of aliphatic imine (C=N–C) groups is 1. The van der Waals surface area contributed by atoms with Crippen molar-refractivity contribution < 1.29 is 9.47 Å². The van der Waals surface area contributed by atoms with E-state index in [1.165, 1.54) is 0 Å². The van der Waals surface area contributed by atoms with Gasteiger partial charge in [0.05, 0.1) is 24.1 Å². The van der Waals surface area contributed by atoms with Gasteiger partial charge in [-0.15, -0.1) is 6.42 Å². The minimum Gasteiger partial charge on any atom is -0.478 e. The Kier molecular flexibility index (Phi) is 3.63. The predicted molar refractivity (Wildman–Crippen MR) is 75.9 cm³/mol. The van der Waals surface area contributed by atoms with Crippen LogP contribution in [-0.4, -0.2) is 37.4 Å². The topological polar surface area (TPSA) is 42.9 Å². The molecule has 0 aliphatic carbocycles. The van der Waals surface area contributed by atoms with Crippen LogP contribution in [0.15, 0.2) is 4.99 Å². The summed E-state index contributed by atoms with van der Waals surface area (Å²) < 4.78 is 11.6. The Hall–Kier alpha value is -1.05. The molecule has 4 heteroatoms. The molecule has 0 aromatic rings. The zero-order valence-corrected chi connectivity index (χ0v) is 12.5. The molecule has 4 nitrogen and oxygen atoms in total. The molecule has 2 aliphatic heterocycles. The van der Waals surface area contributed by atoms with E-state index in [9.17, 15) is 0 Å². The van der Waals surface area contributed by atoms with Crippen LogP contribution in [0.25, 0.3) is 0 Å². The molecule has 0 aromatic carbocycles. The lowest BCUT2D eigenvalue weighted by atomic mass is 9.87. The van der Waals surface area contributed by atoms with Crippen LogP contribution < -0.4 is 5.32 Å². The third kappa shape index (κ3) is 2.77. The molecule has 3 atom stereocenters. The van der Waals surface area contributed by atoms with Crippen LogP contribution in [0.2, 0.25) is 0 Å². The molecule has 2 rings (SSSR count). The molecule has 1 unspecified atom stereocenters. The standard InChI is InChI=1S/C15H24N2O2/c1-7-10-8-18-12(16-10)15(5,6)13-17-11(9-19-13)14(2,3)4/h1,10-12,16H,8-9H2,2-6H3/t10-,11+,12?/m0/s1. The molecule has 0 bridgehead atoms. The fraction of sp³-hybridized carbons (Fsp3) is 0.800. The lowest BCUT2D eigenvalue weighted by Crippen LogP contribution is -2.45. The zero-order valence-electron chi connectivity index (χ0n) is 12.5. The molecule has 1 saturated heterocycles. The highest BCUT2D eigenvalue weighted by molar-refractivity contribution is 5.84. The van der Waals surface area contributed by atoms with E-state index in [4.69, 9.17) is 20.9 Å². The summed E-state index contributed by atoms with van der Waals surface area (Å²) in [7, 11) is 0. The van der Waals surface area contributed by atoms with E-state index in [0.29, 0.717) is 13.2 Å². The van der Waals surface area contributed by atoms with Crippen molar-refractivity contribution in [1.82, 2.24) is 5.32 Å². The molecule has 2 heterocycles. The Morgan fingerprint density at radius 1 is 1.26 bits per heavy atom. The first-order valence-electron chi connectivity index (χ1n) is 6.80. The summed E-state index contributed by atoms with van der Waals surface area (Å²) in [6, 6.07) is 0.177. The van der Waals surface area contributed by atoms with Crippen LogP contribution in [-0.2, 0) is 9.47 Å². The van der Waals surface area contributed by atoms with E-state index in [1.54, 1.807) is 0 Å². The highest BCUT2D eigenvalue weighted by atomic mass is 16.5. The van der Waals surface area contributed by atoms with Gasteiger partial charge < -0.3 is 9.47 Å². The fourth-order valence-electron chi connectivity index (χ4n) is 2.27. The maximum Gasteiger partial charge on any atom is 0.193 e. The van der Waals surface area contributed by atoms with E-state index in [1.807, 2.05) is 0 Å². The maximum atomic E-state index is 5.82. The van der Waals surface area contributed by atoms with E-state index >= 15 is 0 Å². The molecule has 2 aliphatic rings. The average molecular weight is 264 g/mol. The number of ether oxygens (including phenoxy) is 2. The van der Waals surface area contributed by atoms with Crippen molar-refractivity contribution in [1.29, 1.82) is 0 Å². The number of rotatable bonds is 2. The van der Waals surface area contributed by atoms with E-state index in [-0.39, 0.29) is 29.1 Å². The molecular formula is C15H24N2O2.